The van der Waals surface area contributed by atoms with Crippen LogP contribution in [-0.4, -0.2) is 30.8 Å². The lowest BCUT2D eigenvalue weighted by atomic mass is 10.1. The molecule has 3 N–H and O–H groups in total. The van der Waals surface area contributed by atoms with Gasteiger partial charge in [0.1, 0.15) is 5.82 Å². The number of hydrogen-bond acceptors (Lipinski definition) is 4. The average Bonchev–Trinajstić information content (AvgIpc) is 2.16. The summed E-state index contributed by atoms with van der Waals surface area (Å²) in [7, 11) is 3.80. The predicted molar refractivity (Wildman–Crippen MR) is 52.6 cm³/mol. The first-order valence-electron chi connectivity index (χ1n) is 4.15. The van der Waals surface area contributed by atoms with Gasteiger partial charge < -0.3 is 15.7 Å². The van der Waals surface area contributed by atoms with E-state index in [0.29, 0.717) is 0 Å². The quantitative estimate of drug-likeness (QED) is 0.696. The fraction of sp³-hybridized carbons (Fsp3) is 0.444. The molecule has 0 unspecified atom stereocenters. The highest BCUT2D eigenvalue weighted by molar-refractivity contribution is 5.46. The molecule has 0 aliphatic rings. The second-order valence-corrected chi connectivity index (χ2v) is 3.10. The van der Waals surface area contributed by atoms with Crippen LogP contribution < -0.4 is 10.6 Å². The number of aromatic nitrogens is 1. The first-order chi connectivity index (χ1) is 6.16. The van der Waals surface area contributed by atoms with E-state index in [-0.39, 0.29) is 12.6 Å². The highest BCUT2D eigenvalue weighted by atomic mass is 16.3. The number of nitrogens with two attached hydrogens (primary N) is 1. The molecule has 0 fully saturated rings. The molecule has 0 aromatic carbocycles. The molecule has 13 heavy (non-hydrogen) atoms. The van der Waals surface area contributed by atoms with Gasteiger partial charge in [0.05, 0.1) is 12.6 Å². The van der Waals surface area contributed by atoms with Crippen molar-refractivity contribution in [3.63, 3.8) is 0 Å². The van der Waals surface area contributed by atoms with Gasteiger partial charge in [-0.2, -0.15) is 0 Å². The van der Waals surface area contributed by atoms with E-state index in [4.69, 9.17) is 10.8 Å². The van der Waals surface area contributed by atoms with Crippen LogP contribution in [0.4, 0.5) is 5.82 Å². The van der Waals surface area contributed by atoms with E-state index in [2.05, 4.69) is 4.98 Å². The second kappa shape index (κ2) is 4.20. The maximum atomic E-state index is 8.92. The summed E-state index contributed by atoms with van der Waals surface area (Å²) in [5, 5.41) is 8.92. The number of aliphatic hydroxyl groups is 1. The number of nitrogens with zero attached hydrogens (tertiary/aromatic N) is 2. The largest absolute Gasteiger partial charge is 0.394 e. The van der Waals surface area contributed by atoms with Crippen LogP contribution in [0.25, 0.3) is 0 Å². The minimum atomic E-state index is -0.355. The Morgan fingerprint density at radius 1 is 1.62 bits per heavy atom. The van der Waals surface area contributed by atoms with Gasteiger partial charge in [0.2, 0.25) is 0 Å². The van der Waals surface area contributed by atoms with E-state index in [1.165, 1.54) is 0 Å². The summed E-state index contributed by atoms with van der Waals surface area (Å²) in [6, 6.07) is 3.34. The normalized spacial score (nSPS) is 12.6. The van der Waals surface area contributed by atoms with Crippen molar-refractivity contribution in [2.45, 2.75) is 6.04 Å². The molecular formula is C9H15N3O. The van der Waals surface area contributed by atoms with Crippen molar-refractivity contribution in [1.82, 2.24) is 4.98 Å². The van der Waals surface area contributed by atoms with Gasteiger partial charge in [-0.15, -0.1) is 0 Å². The molecule has 0 saturated carbocycles. The Kier molecular flexibility index (Phi) is 3.22. The van der Waals surface area contributed by atoms with Gasteiger partial charge in [0.15, 0.2) is 0 Å². The molecule has 0 aliphatic heterocycles. The SMILES string of the molecule is CN(C)c1ncccc1[C@H](N)CO. The van der Waals surface area contributed by atoms with Crippen LogP contribution in [0.15, 0.2) is 18.3 Å². The van der Waals surface area contributed by atoms with Crippen LogP contribution in [0, 0.1) is 0 Å². The Labute approximate surface area is 78.0 Å². The smallest absolute Gasteiger partial charge is 0.132 e. The summed E-state index contributed by atoms with van der Waals surface area (Å²) < 4.78 is 0. The van der Waals surface area contributed by atoms with Crippen molar-refractivity contribution in [2.24, 2.45) is 5.73 Å². The van der Waals surface area contributed by atoms with Crippen molar-refractivity contribution in [2.75, 3.05) is 25.6 Å². The van der Waals surface area contributed by atoms with Crippen molar-refractivity contribution in [3.05, 3.63) is 23.9 Å². The Balaban J connectivity index is 3.04. The van der Waals surface area contributed by atoms with E-state index in [0.717, 1.165) is 11.4 Å². The summed E-state index contributed by atoms with van der Waals surface area (Å²) in [5.74, 6) is 0.809. The first-order valence-corrected chi connectivity index (χ1v) is 4.15. The molecular weight excluding hydrogens is 166 g/mol. The van der Waals surface area contributed by atoms with Crippen LogP contribution in [0.3, 0.4) is 0 Å². The Morgan fingerprint density at radius 3 is 2.85 bits per heavy atom. The number of aliphatic hydroxyl groups excluding tert-OH is 1. The Hall–Kier alpha value is -1.13. The summed E-state index contributed by atoms with van der Waals surface area (Å²) in [4.78, 5) is 6.06. The Morgan fingerprint density at radius 2 is 2.31 bits per heavy atom. The zero-order chi connectivity index (χ0) is 9.84. The molecule has 4 nitrogen and oxygen atoms in total. The minimum Gasteiger partial charge on any atom is -0.394 e. The number of rotatable bonds is 3. The number of anilines is 1. The summed E-state index contributed by atoms with van der Waals surface area (Å²) in [6.07, 6.45) is 1.71. The molecule has 1 heterocycles. The first kappa shape index (κ1) is 9.95. The molecule has 1 rings (SSSR count). The third-order valence-electron chi connectivity index (χ3n) is 1.84. The molecule has 1 atom stereocenters. The second-order valence-electron chi connectivity index (χ2n) is 3.10. The molecule has 0 amide bonds. The monoisotopic (exact) mass is 181 g/mol. The molecule has 4 heteroatoms. The third kappa shape index (κ3) is 2.17. The maximum Gasteiger partial charge on any atom is 0.132 e. The zero-order valence-corrected chi connectivity index (χ0v) is 7.94. The van der Waals surface area contributed by atoms with Gasteiger partial charge in [-0.25, -0.2) is 4.98 Å². The molecule has 0 spiro atoms. The third-order valence-corrected chi connectivity index (χ3v) is 1.84. The maximum absolute atomic E-state index is 8.92. The number of hydrogen-bond donors (Lipinski definition) is 2. The van der Waals surface area contributed by atoms with Crippen LogP contribution in [0.2, 0.25) is 0 Å². The molecule has 0 saturated heterocycles. The molecule has 0 bridgehead atoms. The van der Waals surface area contributed by atoms with Crippen molar-refractivity contribution in [1.29, 1.82) is 0 Å². The summed E-state index contributed by atoms with van der Waals surface area (Å²) in [6.45, 7) is -0.0630. The van der Waals surface area contributed by atoms with Crippen molar-refractivity contribution in [3.8, 4) is 0 Å². The van der Waals surface area contributed by atoms with Crippen LogP contribution in [0.5, 0.6) is 0 Å². The van der Waals surface area contributed by atoms with Gasteiger partial charge in [-0.3, -0.25) is 0 Å². The lowest BCUT2D eigenvalue weighted by Gasteiger charge is -2.18. The van der Waals surface area contributed by atoms with Crippen LogP contribution >= 0.6 is 0 Å². The molecule has 0 aliphatic carbocycles. The van der Waals surface area contributed by atoms with E-state index < -0.39 is 0 Å². The van der Waals surface area contributed by atoms with Gasteiger partial charge in [0, 0.05) is 25.9 Å². The topological polar surface area (TPSA) is 62.4 Å². The summed E-state index contributed by atoms with van der Waals surface area (Å²) >= 11 is 0. The van der Waals surface area contributed by atoms with Gasteiger partial charge >= 0.3 is 0 Å². The standard InChI is InChI=1S/C9H15N3O/c1-12(2)9-7(8(10)6-13)4-3-5-11-9/h3-5,8,13H,6,10H2,1-2H3/t8-/m1/s1. The van der Waals surface area contributed by atoms with Gasteiger partial charge in [0.25, 0.3) is 0 Å². The van der Waals surface area contributed by atoms with E-state index >= 15 is 0 Å². The average molecular weight is 181 g/mol. The van der Waals surface area contributed by atoms with Crippen molar-refractivity contribution < 1.29 is 5.11 Å². The molecule has 1 aromatic heterocycles. The van der Waals surface area contributed by atoms with Crippen molar-refractivity contribution >= 4 is 5.82 Å². The fourth-order valence-electron chi connectivity index (χ4n) is 1.17. The zero-order valence-electron chi connectivity index (χ0n) is 7.94. The van der Waals surface area contributed by atoms with E-state index in [1.54, 1.807) is 6.20 Å². The van der Waals surface area contributed by atoms with E-state index in [1.807, 2.05) is 31.1 Å². The van der Waals surface area contributed by atoms with Gasteiger partial charge in [-0.1, -0.05) is 6.07 Å². The van der Waals surface area contributed by atoms with Crippen LogP contribution in [0.1, 0.15) is 11.6 Å². The molecule has 1 aromatic rings. The summed E-state index contributed by atoms with van der Waals surface area (Å²) in [5.41, 5.74) is 6.59. The minimum absolute atomic E-state index is 0.0630. The lowest BCUT2D eigenvalue weighted by Crippen LogP contribution is -2.20. The lowest BCUT2D eigenvalue weighted by molar-refractivity contribution is 0.268. The predicted octanol–water partition coefficient (Wildman–Crippen LogP) is 0.140. The fourth-order valence-corrected chi connectivity index (χ4v) is 1.17. The highest BCUT2D eigenvalue weighted by Gasteiger charge is 2.11. The van der Waals surface area contributed by atoms with Crippen LogP contribution in [-0.2, 0) is 0 Å². The molecule has 0 radical (unpaired) electrons. The molecule has 72 valence electrons. The highest BCUT2D eigenvalue weighted by Crippen LogP contribution is 2.19. The van der Waals surface area contributed by atoms with Gasteiger partial charge in [-0.05, 0) is 6.07 Å². The van der Waals surface area contributed by atoms with E-state index in [9.17, 15) is 0 Å². The Bertz CT molecular complexity index is 275. The number of pyridine rings is 1.